The molecule has 0 bridgehead atoms. The van der Waals surface area contributed by atoms with Crippen molar-refractivity contribution < 1.29 is 14.1 Å². The average Bonchev–Trinajstić information content (AvgIpc) is 3.22. The number of carbonyl (C=O) groups is 2. The molecule has 0 fully saturated rings. The van der Waals surface area contributed by atoms with E-state index in [2.05, 4.69) is 15.8 Å². The van der Waals surface area contributed by atoms with Crippen molar-refractivity contribution in [2.75, 3.05) is 17.3 Å². The summed E-state index contributed by atoms with van der Waals surface area (Å²) in [6.07, 6.45) is 1.45. The van der Waals surface area contributed by atoms with Crippen molar-refractivity contribution in [3.8, 4) is 0 Å². The number of amides is 3. The number of benzene rings is 2. The fraction of sp³-hybridized carbons (Fsp3) is 0.150. The number of carbonyl (C=O) groups excluding carboxylic acids is 2. The van der Waals surface area contributed by atoms with E-state index >= 15 is 0 Å². The topological polar surface area (TPSA) is 87.5 Å². The molecule has 0 saturated carbocycles. The van der Waals surface area contributed by atoms with Gasteiger partial charge in [0.05, 0.1) is 6.04 Å². The SMILES string of the molecule is C[C@H](NC(=O)Nc1cccc(C(=O)N(C)c2ccccc2)c1)c1ccon1. The quantitative estimate of drug-likeness (QED) is 0.720. The zero-order valence-electron chi connectivity index (χ0n) is 15.0. The molecule has 3 aromatic rings. The Hall–Kier alpha value is -3.61. The summed E-state index contributed by atoms with van der Waals surface area (Å²) in [5, 5.41) is 9.28. The fourth-order valence-corrected chi connectivity index (χ4v) is 2.58. The van der Waals surface area contributed by atoms with Crippen LogP contribution < -0.4 is 15.5 Å². The number of nitrogens with one attached hydrogen (secondary N) is 2. The summed E-state index contributed by atoms with van der Waals surface area (Å²) in [4.78, 5) is 26.4. The van der Waals surface area contributed by atoms with Gasteiger partial charge in [0.15, 0.2) is 0 Å². The van der Waals surface area contributed by atoms with Crippen LogP contribution in [0.4, 0.5) is 16.2 Å². The highest BCUT2D eigenvalue weighted by Crippen LogP contribution is 2.17. The highest BCUT2D eigenvalue weighted by Gasteiger charge is 2.15. The minimum Gasteiger partial charge on any atom is -0.364 e. The van der Waals surface area contributed by atoms with Crippen LogP contribution in [-0.2, 0) is 0 Å². The first kappa shape index (κ1) is 18.2. The number of rotatable bonds is 5. The van der Waals surface area contributed by atoms with E-state index in [0.29, 0.717) is 16.9 Å². The van der Waals surface area contributed by atoms with E-state index in [1.54, 1.807) is 49.2 Å². The second-order valence-electron chi connectivity index (χ2n) is 6.02. The molecule has 0 unspecified atom stereocenters. The molecular formula is C20H20N4O3. The Morgan fingerprint density at radius 1 is 1.07 bits per heavy atom. The molecule has 1 heterocycles. The smallest absolute Gasteiger partial charge is 0.319 e. The summed E-state index contributed by atoms with van der Waals surface area (Å²) < 4.78 is 4.77. The highest BCUT2D eigenvalue weighted by molar-refractivity contribution is 6.06. The maximum absolute atomic E-state index is 12.7. The molecule has 3 rings (SSSR count). The molecule has 0 radical (unpaired) electrons. The number of anilines is 2. The molecule has 0 aliphatic heterocycles. The van der Waals surface area contributed by atoms with Gasteiger partial charge in [0.1, 0.15) is 12.0 Å². The molecule has 0 spiro atoms. The predicted molar refractivity (Wildman–Crippen MR) is 103 cm³/mol. The Morgan fingerprint density at radius 3 is 2.56 bits per heavy atom. The monoisotopic (exact) mass is 364 g/mol. The molecular weight excluding hydrogens is 344 g/mol. The Morgan fingerprint density at radius 2 is 1.85 bits per heavy atom. The van der Waals surface area contributed by atoms with Crippen LogP contribution >= 0.6 is 0 Å². The van der Waals surface area contributed by atoms with Crippen LogP contribution in [0.5, 0.6) is 0 Å². The molecule has 0 aliphatic carbocycles. The zero-order chi connectivity index (χ0) is 19.2. The van der Waals surface area contributed by atoms with E-state index in [9.17, 15) is 9.59 Å². The van der Waals surface area contributed by atoms with E-state index in [4.69, 9.17) is 4.52 Å². The van der Waals surface area contributed by atoms with E-state index in [0.717, 1.165) is 5.69 Å². The van der Waals surface area contributed by atoms with Gasteiger partial charge in [-0.05, 0) is 37.3 Å². The first-order valence-corrected chi connectivity index (χ1v) is 8.45. The lowest BCUT2D eigenvalue weighted by Gasteiger charge is -2.18. The van der Waals surface area contributed by atoms with Gasteiger partial charge in [-0.15, -0.1) is 0 Å². The number of nitrogens with zero attached hydrogens (tertiary/aromatic N) is 2. The van der Waals surface area contributed by atoms with Crippen molar-refractivity contribution in [3.05, 3.63) is 78.2 Å². The van der Waals surface area contributed by atoms with Gasteiger partial charge in [-0.3, -0.25) is 4.79 Å². The lowest BCUT2D eigenvalue weighted by Crippen LogP contribution is -2.31. The summed E-state index contributed by atoms with van der Waals surface area (Å²) in [6.45, 7) is 1.80. The number of hydrogen-bond acceptors (Lipinski definition) is 4. The van der Waals surface area contributed by atoms with E-state index in [1.165, 1.54) is 6.26 Å². The van der Waals surface area contributed by atoms with Crippen LogP contribution in [0, 0.1) is 0 Å². The maximum Gasteiger partial charge on any atom is 0.319 e. The summed E-state index contributed by atoms with van der Waals surface area (Å²) in [6, 6.07) is 17.1. The highest BCUT2D eigenvalue weighted by atomic mass is 16.5. The Bertz CT molecular complexity index is 910. The first-order valence-electron chi connectivity index (χ1n) is 8.45. The first-order chi connectivity index (χ1) is 13.0. The molecule has 7 heteroatoms. The molecule has 7 nitrogen and oxygen atoms in total. The summed E-state index contributed by atoms with van der Waals surface area (Å²) in [7, 11) is 1.71. The zero-order valence-corrected chi connectivity index (χ0v) is 15.0. The van der Waals surface area contributed by atoms with Crippen LogP contribution in [0.1, 0.15) is 29.0 Å². The molecule has 0 saturated heterocycles. The largest absolute Gasteiger partial charge is 0.364 e. The van der Waals surface area contributed by atoms with Gasteiger partial charge in [-0.2, -0.15) is 0 Å². The van der Waals surface area contributed by atoms with Crippen molar-refractivity contribution >= 4 is 23.3 Å². The van der Waals surface area contributed by atoms with Gasteiger partial charge in [-0.1, -0.05) is 29.4 Å². The standard InChI is InChI=1S/C20H20N4O3/c1-14(18-11-12-27-23-18)21-20(26)22-16-8-6-7-15(13-16)19(25)24(2)17-9-4-3-5-10-17/h3-14H,1-2H3,(H2,21,22,26)/t14-/m0/s1. The summed E-state index contributed by atoms with van der Waals surface area (Å²) >= 11 is 0. The third kappa shape index (κ3) is 4.52. The number of aromatic nitrogens is 1. The molecule has 1 aromatic heterocycles. The number of hydrogen-bond donors (Lipinski definition) is 2. The van der Waals surface area contributed by atoms with Gasteiger partial charge in [0, 0.05) is 30.1 Å². The Balaban J connectivity index is 1.66. The van der Waals surface area contributed by atoms with Crippen molar-refractivity contribution in [1.29, 1.82) is 0 Å². The molecule has 0 aliphatic rings. The van der Waals surface area contributed by atoms with Gasteiger partial charge in [0.25, 0.3) is 5.91 Å². The third-order valence-corrected chi connectivity index (χ3v) is 4.06. The van der Waals surface area contributed by atoms with Gasteiger partial charge >= 0.3 is 6.03 Å². The molecule has 1 atom stereocenters. The summed E-state index contributed by atoms with van der Waals surface area (Å²) in [5.74, 6) is -0.166. The van der Waals surface area contributed by atoms with Crippen LogP contribution in [0.25, 0.3) is 0 Å². The van der Waals surface area contributed by atoms with Gasteiger partial charge in [0.2, 0.25) is 0 Å². The second-order valence-corrected chi connectivity index (χ2v) is 6.02. The van der Waals surface area contributed by atoms with E-state index in [1.807, 2.05) is 30.3 Å². The molecule has 138 valence electrons. The van der Waals surface area contributed by atoms with Gasteiger partial charge < -0.3 is 20.1 Å². The summed E-state index contributed by atoms with van der Waals surface area (Å²) in [5.41, 5.74) is 2.41. The fourth-order valence-electron chi connectivity index (χ4n) is 2.58. The van der Waals surface area contributed by atoms with Crippen molar-refractivity contribution in [2.24, 2.45) is 0 Å². The van der Waals surface area contributed by atoms with E-state index < -0.39 is 6.03 Å². The molecule has 2 N–H and O–H groups in total. The van der Waals surface area contributed by atoms with Crippen LogP contribution in [0.2, 0.25) is 0 Å². The van der Waals surface area contributed by atoms with Crippen molar-refractivity contribution in [1.82, 2.24) is 10.5 Å². The van der Waals surface area contributed by atoms with Gasteiger partial charge in [-0.25, -0.2) is 4.79 Å². The van der Waals surface area contributed by atoms with Crippen LogP contribution in [-0.4, -0.2) is 24.1 Å². The average molecular weight is 364 g/mol. The second kappa shape index (κ2) is 8.18. The maximum atomic E-state index is 12.7. The van der Waals surface area contributed by atoms with Crippen LogP contribution in [0.3, 0.4) is 0 Å². The van der Waals surface area contributed by atoms with E-state index in [-0.39, 0.29) is 11.9 Å². The molecule has 3 amide bonds. The third-order valence-electron chi connectivity index (χ3n) is 4.06. The number of urea groups is 1. The predicted octanol–water partition coefficient (Wildman–Crippen LogP) is 3.83. The minimum absolute atomic E-state index is 0.166. The molecule has 27 heavy (non-hydrogen) atoms. The van der Waals surface area contributed by atoms with Crippen molar-refractivity contribution in [3.63, 3.8) is 0 Å². The lowest BCUT2D eigenvalue weighted by atomic mass is 10.1. The van der Waals surface area contributed by atoms with Crippen molar-refractivity contribution in [2.45, 2.75) is 13.0 Å². The minimum atomic E-state index is -0.397. The van der Waals surface area contributed by atoms with Crippen LogP contribution in [0.15, 0.2) is 71.4 Å². The molecule has 2 aromatic carbocycles. The lowest BCUT2D eigenvalue weighted by molar-refractivity contribution is 0.0993. The normalized spacial score (nSPS) is 11.5. The number of para-hydroxylation sites is 1. The Kier molecular flexibility index (Phi) is 5.51. The Labute approximate surface area is 157 Å².